The minimum atomic E-state index is -0.119. The molecule has 0 unspecified atom stereocenters. The molecule has 0 radical (unpaired) electrons. The minimum Gasteiger partial charge on any atom is -0.355 e. The number of hydrogen-bond acceptors (Lipinski definition) is 5. The maximum atomic E-state index is 11.9. The van der Waals surface area contributed by atoms with Gasteiger partial charge in [-0.15, -0.1) is 0 Å². The first-order chi connectivity index (χ1) is 10.7. The number of hydrogen-bond donors (Lipinski definition) is 3. The molecule has 0 atom stereocenters. The normalized spacial score (nSPS) is 10.8. The molecule has 118 valence electrons. The first-order valence-corrected chi connectivity index (χ1v) is 8.33. The van der Waals surface area contributed by atoms with Crippen LogP contribution >= 0.6 is 11.8 Å². The van der Waals surface area contributed by atoms with Crippen LogP contribution in [-0.2, 0) is 10.5 Å². The van der Waals surface area contributed by atoms with Gasteiger partial charge in [0.2, 0.25) is 5.91 Å². The zero-order valence-corrected chi connectivity index (χ0v) is 13.3. The maximum Gasteiger partial charge on any atom is 0.258 e. The van der Waals surface area contributed by atoms with Crippen molar-refractivity contribution in [1.29, 1.82) is 0 Å². The Hall–Kier alpha value is -1.86. The van der Waals surface area contributed by atoms with Gasteiger partial charge in [-0.2, -0.15) is 11.8 Å². The molecule has 0 spiro atoms. The monoisotopic (exact) mass is 320 g/mol. The Kier molecular flexibility index (Phi) is 6.42. The van der Waals surface area contributed by atoms with Crippen molar-refractivity contribution in [2.45, 2.75) is 12.2 Å². The third-order valence-electron chi connectivity index (χ3n) is 3.07. The summed E-state index contributed by atoms with van der Waals surface area (Å²) in [5.74, 6) is 1.97. The van der Waals surface area contributed by atoms with Crippen molar-refractivity contribution in [3.8, 4) is 0 Å². The molecule has 1 aromatic heterocycles. The van der Waals surface area contributed by atoms with E-state index >= 15 is 0 Å². The summed E-state index contributed by atoms with van der Waals surface area (Å²) >= 11 is 1.58. The van der Waals surface area contributed by atoms with Crippen LogP contribution in [0.2, 0.25) is 0 Å². The highest BCUT2D eigenvalue weighted by molar-refractivity contribution is 7.98. The van der Waals surface area contributed by atoms with Gasteiger partial charge in [0.15, 0.2) is 0 Å². The lowest BCUT2D eigenvalue weighted by molar-refractivity contribution is -0.120. The Morgan fingerprint density at radius 1 is 1.32 bits per heavy atom. The number of likely N-dealkylation sites (N-methyl/N-ethyl adjacent to an activating group) is 1. The molecule has 0 fully saturated rings. The molecule has 2 rings (SSSR count). The largest absolute Gasteiger partial charge is 0.355 e. The lowest BCUT2D eigenvalue weighted by Crippen LogP contribution is -2.30. The van der Waals surface area contributed by atoms with Crippen LogP contribution in [0.3, 0.4) is 0 Å². The highest BCUT2D eigenvalue weighted by atomic mass is 32.2. The molecule has 0 saturated carbocycles. The van der Waals surface area contributed by atoms with Crippen LogP contribution < -0.4 is 16.2 Å². The van der Waals surface area contributed by atoms with E-state index in [0.717, 1.165) is 6.54 Å². The van der Waals surface area contributed by atoms with Crippen LogP contribution in [-0.4, -0.2) is 41.8 Å². The fourth-order valence-electron chi connectivity index (χ4n) is 1.95. The van der Waals surface area contributed by atoms with Gasteiger partial charge < -0.3 is 15.6 Å². The van der Waals surface area contributed by atoms with Crippen LogP contribution in [0.15, 0.2) is 29.1 Å². The van der Waals surface area contributed by atoms with Crippen molar-refractivity contribution >= 4 is 28.6 Å². The second-order valence-corrected chi connectivity index (χ2v) is 5.89. The molecule has 2 aromatic rings. The summed E-state index contributed by atoms with van der Waals surface area (Å²) in [5.41, 5.74) is 0.581. The molecule has 0 aliphatic heterocycles. The quantitative estimate of drug-likeness (QED) is 0.629. The van der Waals surface area contributed by atoms with E-state index in [2.05, 4.69) is 20.6 Å². The van der Waals surface area contributed by atoms with Gasteiger partial charge in [0.05, 0.1) is 16.7 Å². The van der Waals surface area contributed by atoms with Crippen molar-refractivity contribution in [1.82, 2.24) is 20.6 Å². The van der Waals surface area contributed by atoms with Crippen molar-refractivity contribution in [3.05, 3.63) is 40.4 Å². The van der Waals surface area contributed by atoms with E-state index < -0.39 is 0 Å². The standard InChI is InChI=1S/C15H20N4O2S/c1-16-7-8-17-14(20)6-9-22-10-13-18-12-5-3-2-4-11(12)15(21)19-13/h2-5,16H,6-10H2,1H3,(H,17,20)(H,18,19,21). The molecular weight excluding hydrogens is 300 g/mol. The minimum absolute atomic E-state index is 0.0442. The predicted octanol–water partition coefficient (Wildman–Crippen LogP) is 0.882. The van der Waals surface area contributed by atoms with Gasteiger partial charge in [0, 0.05) is 25.3 Å². The van der Waals surface area contributed by atoms with Gasteiger partial charge in [-0.25, -0.2) is 4.98 Å². The highest BCUT2D eigenvalue weighted by Crippen LogP contribution is 2.11. The second kappa shape index (κ2) is 8.55. The van der Waals surface area contributed by atoms with Crippen molar-refractivity contribution in [2.24, 2.45) is 0 Å². The topological polar surface area (TPSA) is 86.9 Å². The Balaban J connectivity index is 1.80. The molecule has 0 saturated heterocycles. The Morgan fingerprint density at radius 2 is 2.14 bits per heavy atom. The SMILES string of the molecule is CNCCNC(=O)CCSCc1nc2ccccc2c(=O)[nH]1. The number of nitrogens with zero attached hydrogens (tertiary/aromatic N) is 1. The van der Waals surface area contributed by atoms with E-state index in [-0.39, 0.29) is 11.5 Å². The van der Waals surface area contributed by atoms with Crippen LogP contribution in [0.25, 0.3) is 10.9 Å². The Labute approximate surface area is 133 Å². The fourth-order valence-corrected chi connectivity index (χ4v) is 2.76. The number of H-pyrrole nitrogens is 1. The molecule has 7 heteroatoms. The molecule has 22 heavy (non-hydrogen) atoms. The summed E-state index contributed by atoms with van der Waals surface area (Å²) in [6.07, 6.45) is 0.464. The zero-order valence-electron chi connectivity index (χ0n) is 12.5. The van der Waals surface area contributed by atoms with Crippen molar-refractivity contribution in [3.63, 3.8) is 0 Å². The number of fused-ring (bicyclic) bond motifs is 1. The number of aromatic nitrogens is 2. The third-order valence-corrected chi connectivity index (χ3v) is 4.04. The van der Waals surface area contributed by atoms with Gasteiger partial charge in [0.25, 0.3) is 5.56 Å². The smallest absolute Gasteiger partial charge is 0.258 e. The number of para-hydroxylation sites is 1. The van der Waals surface area contributed by atoms with Gasteiger partial charge in [-0.1, -0.05) is 12.1 Å². The van der Waals surface area contributed by atoms with E-state index in [1.165, 1.54) is 0 Å². The highest BCUT2D eigenvalue weighted by Gasteiger charge is 2.04. The first-order valence-electron chi connectivity index (χ1n) is 7.17. The summed E-state index contributed by atoms with van der Waals surface area (Å²) in [6.45, 7) is 1.40. The molecule has 0 aliphatic carbocycles. The zero-order chi connectivity index (χ0) is 15.8. The molecule has 6 nitrogen and oxygen atoms in total. The van der Waals surface area contributed by atoms with Crippen LogP contribution in [0.1, 0.15) is 12.2 Å². The van der Waals surface area contributed by atoms with Gasteiger partial charge in [0.1, 0.15) is 5.82 Å². The van der Waals surface area contributed by atoms with E-state index in [0.29, 0.717) is 41.2 Å². The fraction of sp³-hybridized carbons (Fsp3) is 0.400. The third kappa shape index (κ3) is 4.85. The molecular formula is C15H20N4O2S. The first kappa shape index (κ1) is 16.5. The molecule has 0 bridgehead atoms. The van der Waals surface area contributed by atoms with E-state index in [9.17, 15) is 9.59 Å². The molecule has 1 aromatic carbocycles. The van der Waals surface area contributed by atoms with E-state index in [1.54, 1.807) is 17.8 Å². The number of carbonyl (C=O) groups is 1. The number of amides is 1. The second-order valence-electron chi connectivity index (χ2n) is 4.79. The number of rotatable bonds is 8. The number of nitrogens with one attached hydrogen (secondary N) is 3. The number of aromatic amines is 1. The van der Waals surface area contributed by atoms with Crippen molar-refractivity contribution in [2.75, 3.05) is 25.9 Å². The average Bonchev–Trinajstić information content (AvgIpc) is 2.52. The van der Waals surface area contributed by atoms with Crippen LogP contribution in [0.4, 0.5) is 0 Å². The number of carbonyl (C=O) groups excluding carboxylic acids is 1. The molecule has 1 amide bonds. The maximum absolute atomic E-state index is 11.9. The summed E-state index contributed by atoms with van der Waals surface area (Å²) in [6, 6.07) is 7.27. The van der Waals surface area contributed by atoms with Gasteiger partial charge >= 0.3 is 0 Å². The number of benzene rings is 1. The predicted molar refractivity (Wildman–Crippen MR) is 90.1 cm³/mol. The van der Waals surface area contributed by atoms with Gasteiger partial charge in [-0.3, -0.25) is 9.59 Å². The molecule has 0 aliphatic rings. The molecule has 1 heterocycles. The van der Waals surface area contributed by atoms with Crippen LogP contribution in [0, 0.1) is 0 Å². The Morgan fingerprint density at radius 3 is 2.95 bits per heavy atom. The average molecular weight is 320 g/mol. The molecule has 3 N–H and O–H groups in total. The number of thioether (sulfide) groups is 1. The lowest BCUT2D eigenvalue weighted by Gasteiger charge is -2.05. The van der Waals surface area contributed by atoms with E-state index in [4.69, 9.17) is 0 Å². The van der Waals surface area contributed by atoms with E-state index in [1.807, 2.05) is 25.2 Å². The summed E-state index contributed by atoms with van der Waals surface area (Å²) < 4.78 is 0. The summed E-state index contributed by atoms with van der Waals surface area (Å²) in [5, 5.41) is 6.39. The van der Waals surface area contributed by atoms with Gasteiger partial charge in [-0.05, 0) is 19.2 Å². The summed E-state index contributed by atoms with van der Waals surface area (Å²) in [7, 11) is 1.85. The lowest BCUT2D eigenvalue weighted by atomic mass is 10.2. The Bertz CT molecular complexity index is 687. The summed E-state index contributed by atoms with van der Waals surface area (Å²) in [4.78, 5) is 30.7. The van der Waals surface area contributed by atoms with Crippen molar-refractivity contribution < 1.29 is 4.79 Å². The van der Waals surface area contributed by atoms with Crippen LogP contribution in [0.5, 0.6) is 0 Å².